The van der Waals surface area contributed by atoms with Gasteiger partial charge in [0.15, 0.2) is 5.69 Å². The van der Waals surface area contributed by atoms with Crippen LogP contribution in [-0.2, 0) is 0 Å². The maximum atomic E-state index is 8.55. The van der Waals surface area contributed by atoms with Gasteiger partial charge in [-0.1, -0.05) is 11.6 Å². The van der Waals surface area contributed by atoms with Crippen LogP contribution in [-0.4, -0.2) is 15.0 Å². The summed E-state index contributed by atoms with van der Waals surface area (Å²) >= 11 is 5.66. The zero-order chi connectivity index (χ0) is 10.7. The molecule has 0 N–H and O–H groups in total. The van der Waals surface area contributed by atoms with Gasteiger partial charge < -0.3 is 0 Å². The molecule has 0 spiro atoms. The number of hydrogen-bond acceptors (Lipinski definition) is 4. The monoisotopic (exact) mass is 216 g/mol. The number of aromatic nitrogens is 3. The highest BCUT2D eigenvalue weighted by atomic mass is 35.5. The number of halogens is 1. The first-order valence-electron chi connectivity index (χ1n) is 4.13. The van der Waals surface area contributed by atoms with Gasteiger partial charge in [0, 0.05) is 11.8 Å². The Bertz CT molecular complexity index is 498. The van der Waals surface area contributed by atoms with Gasteiger partial charge in [-0.15, -0.1) is 0 Å². The Morgan fingerprint density at radius 2 is 1.93 bits per heavy atom. The van der Waals surface area contributed by atoms with Crippen molar-refractivity contribution in [3.05, 3.63) is 41.6 Å². The van der Waals surface area contributed by atoms with E-state index in [-0.39, 0.29) is 0 Å². The van der Waals surface area contributed by atoms with Crippen molar-refractivity contribution in [2.45, 2.75) is 0 Å². The zero-order valence-electron chi connectivity index (χ0n) is 7.55. The van der Waals surface area contributed by atoms with Gasteiger partial charge in [-0.05, 0) is 12.1 Å². The molecule has 5 heteroatoms. The standard InChI is InChI=1S/C10H5ClN4/c11-10-2-1-7(4-15-10)9-6-13-8(3-12)5-14-9/h1-2,4-6H. The largest absolute Gasteiger partial charge is 0.252 e. The summed E-state index contributed by atoms with van der Waals surface area (Å²) in [6, 6.07) is 5.38. The van der Waals surface area contributed by atoms with Crippen LogP contribution in [0.4, 0.5) is 0 Å². The smallest absolute Gasteiger partial charge is 0.158 e. The van der Waals surface area contributed by atoms with Crippen molar-refractivity contribution in [3.63, 3.8) is 0 Å². The molecule has 72 valence electrons. The summed E-state index contributed by atoms with van der Waals surface area (Å²) in [6.45, 7) is 0. The van der Waals surface area contributed by atoms with E-state index in [2.05, 4.69) is 15.0 Å². The molecule has 0 amide bonds. The van der Waals surface area contributed by atoms with Crippen LogP contribution in [0.1, 0.15) is 5.69 Å². The van der Waals surface area contributed by atoms with E-state index in [0.29, 0.717) is 16.5 Å². The molecule has 0 atom stereocenters. The first-order chi connectivity index (χ1) is 7.29. The molecule has 0 saturated carbocycles. The Labute approximate surface area is 91.2 Å². The normalized spacial score (nSPS) is 9.60. The lowest BCUT2D eigenvalue weighted by molar-refractivity contribution is 1.16. The van der Waals surface area contributed by atoms with Crippen LogP contribution >= 0.6 is 11.6 Å². The van der Waals surface area contributed by atoms with E-state index in [1.807, 2.05) is 6.07 Å². The fourth-order valence-corrected chi connectivity index (χ4v) is 1.17. The lowest BCUT2D eigenvalue weighted by atomic mass is 10.2. The van der Waals surface area contributed by atoms with Crippen LogP contribution in [0, 0.1) is 11.3 Å². The second kappa shape index (κ2) is 4.03. The van der Waals surface area contributed by atoms with Crippen LogP contribution in [0.5, 0.6) is 0 Å². The van der Waals surface area contributed by atoms with Gasteiger partial charge in [-0.3, -0.25) is 4.98 Å². The fraction of sp³-hybridized carbons (Fsp3) is 0. The van der Waals surface area contributed by atoms with Crippen molar-refractivity contribution in [3.8, 4) is 17.3 Å². The quantitative estimate of drug-likeness (QED) is 0.685. The molecule has 2 rings (SSSR count). The first-order valence-corrected chi connectivity index (χ1v) is 4.51. The highest BCUT2D eigenvalue weighted by Crippen LogP contribution is 2.16. The van der Waals surface area contributed by atoms with Crippen LogP contribution in [0.3, 0.4) is 0 Å². The second-order valence-electron chi connectivity index (χ2n) is 2.77. The van der Waals surface area contributed by atoms with Crippen LogP contribution in [0.2, 0.25) is 5.15 Å². The molecule has 15 heavy (non-hydrogen) atoms. The minimum absolute atomic E-state index is 0.292. The molecule has 0 radical (unpaired) electrons. The molecule has 2 aromatic heterocycles. The van der Waals surface area contributed by atoms with Crippen LogP contribution in [0.25, 0.3) is 11.3 Å². The van der Waals surface area contributed by atoms with Gasteiger partial charge in [0.05, 0.1) is 18.1 Å². The summed E-state index contributed by atoms with van der Waals surface area (Å²) in [4.78, 5) is 11.9. The predicted octanol–water partition coefficient (Wildman–Crippen LogP) is 2.06. The van der Waals surface area contributed by atoms with Gasteiger partial charge in [-0.2, -0.15) is 5.26 Å². The minimum atomic E-state index is 0.292. The van der Waals surface area contributed by atoms with Crippen LogP contribution in [0.15, 0.2) is 30.7 Å². The minimum Gasteiger partial charge on any atom is -0.252 e. The summed E-state index contributed by atoms with van der Waals surface area (Å²) in [6.07, 6.45) is 4.56. The molecular weight excluding hydrogens is 212 g/mol. The van der Waals surface area contributed by atoms with Crippen molar-refractivity contribution < 1.29 is 0 Å². The summed E-state index contributed by atoms with van der Waals surface area (Å²) < 4.78 is 0. The fourth-order valence-electron chi connectivity index (χ4n) is 1.06. The summed E-state index contributed by atoms with van der Waals surface area (Å²) in [7, 11) is 0. The topological polar surface area (TPSA) is 62.5 Å². The molecule has 0 fully saturated rings. The Morgan fingerprint density at radius 3 is 2.47 bits per heavy atom. The van der Waals surface area contributed by atoms with E-state index >= 15 is 0 Å². The van der Waals surface area contributed by atoms with E-state index in [9.17, 15) is 0 Å². The van der Waals surface area contributed by atoms with Crippen molar-refractivity contribution >= 4 is 11.6 Å². The molecule has 0 unspecified atom stereocenters. The molecule has 0 aromatic carbocycles. The molecular formula is C10H5ClN4. The van der Waals surface area contributed by atoms with E-state index in [4.69, 9.17) is 16.9 Å². The third-order valence-electron chi connectivity index (χ3n) is 1.79. The number of rotatable bonds is 1. The molecule has 0 aliphatic rings. The predicted molar refractivity (Wildman–Crippen MR) is 55.0 cm³/mol. The lowest BCUT2D eigenvalue weighted by Gasteiger charge is -1.98. The van der Waals surface area contributed by atoms with Gasteiger partial charge in [0.1, 0.15) is 11.2 Å². The van der Waals surface area contributed by atoms with Crippen molar-refractivity contribution in [2.24, 2.45) is 0 Å². The third-order valence-corrected chi connectivity index (χ3v) is 2.01. The van der Waals surface area contributed by atoms with E-state index in [1.165, 1.54) is 12.4 Å². The highest BCUT2D eigenvalue weighted by molar-refractivity contribution is 6.29. The van der Waals surface area contributed by atoms with Crippen molar-refractivity contribution in [1.29, 1.82) is 5.26 Å². The number of pyridine rings is 1. The molecule has 0 bridgehead atoms. The number of nitriles is 1. The number of hydrogen-bond donors (Lipinski definition) is 0. The van der Waals surface area contributed by atoms with E-state index < -0.39 is 0 Å². The molecule has 2 heterocycles. The Hall–Kier alpha value is -1.99. The summed E-state index contributed by atoms with van der Waals surface area (Å²) in [5.41, 5.74) is 1.77. The van der Waals surface area contributed by atoms with Gasteiger partial charge in [-0.25, -0.2) is 9.97 Å². The average molecular weight is 217 g/mol. The SMILES string of the molecule is N#Cc1cnc(-c2ccc(Cl)nc2)cn1. The second-order valence-corrected chi connectivity index (χ2v) is 3.16. The van der Waals surface area contributed by atoms with Gasteiger partial charge in [0.2, 0.25) is 0 Å². The Balaban J connectivity index is 2.38. The molecule has 0 aliphatic carbocycles. The maximum Gasteiger partial charge on any atom is 0.158 e. The van der Waals surface area contributed by atoms with Gasteiger partial charge >= 0.3 is 0 Å². The third kappa shape index (κ3) is 2.09. The number of nitrogens with zero attached hydrogens (tertiary/aromatic N) is 4. The Morgan fingerprint density at radius 1 is 1.07 bits per heavy atom. The lowest BCUT2D eigenvalue weighted by Crippen LogP contribution is -1.89. The van der Waals surface area contributed by atoms with E-state index in [0.717, 1.165) is 5.56 Å². The van der Waals surface area contributed by atoms with Gasteiger partial charge in [0.25, 0.3) is 0 Å². The molecule has 0 saturated heterocycles. The zero-order valence-corrected chi connectivity index (χ0v) is 8.31. The summed E-state index contributed by atoms with van der Waals surface area (Å²) in [5.74, 6) is 0. The highest BCUT2D eigenvalue weighted by Gasteiger charge is 2.00. The molecule has 0 aliphatic heterocycles. The molecule has 2 aromatic rings. The van der Waals surface area contributed by atoms with E-state index in [1.54, 1.807) is 18.3 Å². The Kier molecular flexibility index (Phi) is 2.57. The maximum absolute atomic E-state index is 8.55. The summed E-state index contributed by atoms with van der Waals surface area (Å²) in [5, 5.41) is 8.98. The van der Waals surface area contributed by atoms with Crippen LogP contribution < -0.4 is 0 Å². The van der Waals surface area contributed by atoms with Crippen molar-refractivity contribution in [1.82, 2.24) is 15.0 Å². The van der Waals surface area contributed by atoms with Crippen molar-refractivity contribution in [2.75, 3.05) is 0 Å². The average Bonchev–Trinajstić information content (AvgIpc) is 2.30. The molecule has 4 nitrogen and oxygen atoms in total. The first kappa shape index (κ1) is 9.56.